The van der Waals surface area contributed by atoms with E-state index in [-0.39, 0.29) is 5.75 Å². The summed E-state index contributed by atoms with van der Waals surface area (Å²) in [5, 5.41) is 12.8. The van der Waals surface area contributed by atoms with Crippen molar-refractivity contribution in [3.05, 3.63) is 23.8 Å². The van der Waals surface area contributed by atoms with Crippen molar-refractivity contribution < 1.29 is 9.84 Å². The van der Waals surface area contributed by atoms with E-state index in [1.54, 1.807) is 19.2 Å². The molecule has 0 aromatic heterocycles. The molecule has 2 rings (SSSR count). The number of methoxy groups -OCH3 is 1. The number of nitrogens with one attached hydrogen (secondary N) is 1. The van der Waals surface area contributed by atoms with Crippen LogP contribution in [0.5, 0.6) is 11.5 Å². The van der Waals surface area contributed by atoms with Crippen LogP contribution in [0.15, 0.2) is 18.2 Å². The third kappa shape index (κ3) is 2.70. The molecule has 1 heterocycles. The summed E-state index contributed by atoms with van der Waals surface area (Å²) < 4.78 is 5.34. The highest BCUT2D eigenvalue weighted by Gasteiger charge is 2.20. The zero-order valence-electron chi connectivity index (χ0n) is 10.4. The molecule has 1 atom stereocenters. The second-order valence-electron chi connectivity index (χ2n) is 4.39. The molecule has 2 N–H and O–H groups in total. The number of nitrogens with zero attached hydrogens (tertiary/aromatic N) is 1. The van der Waals surface area contributed by atoms with Gasteiger partial charge in [0.25, 0.3) is 0 Å². The smallest absolute Gasteiger partial charge is 0.127 e. The average molecular weight is 236 g/mol. The summed E-state index contributed by atoms with van der Waals surface area (Å²) in [4.78, 5) is 2.42. The lowest BCUT2D eigenvalue weighted by molar-refractivity contribution is 0.182. The first-order chi connectivity index (χ1) is 8.22. The van der Waals surface area contributed by atoms with Gasteiger partial charge in [0.05, 0.1) is 7.11 Å². The molecule has 4 nitrogen and oxygen atoms in total. The molecule has 1 aliphatic rings. The van der Waals surface area contributed by atoms with E-state index in [1.807, 2.05) is 6.07 Å². The van der Waals surface area contributed by atoms with Gasteiger partial charge in [-0.05, 0) is 13.0 Å². The van der Waals surface area contributed by atoms with Crippen molar-refractivity contribution in [3.8, 4) is 11.5 Å². The van der Waals surface area contributed by atoms with Gasteiger partial charge >= 0.3 is 0 Å². The van der Waals surface area contributed by atoms with E-state index in [4.69, 9.17) is 4.74 Å². The Labute approximate surface area is 102 Å². The van der Waals surface area contributed by atoms with E-state index in [1.165, 1.54) is 0 Å². The normalized spacial score (nSPS) is 18.9. The van der Waals surface area contributed by atoms with Crippen LogP contribution in [-0.4, -0.2) is 43.3 Å². The van der Waals surface area contributed by atoms with Crippen LogP contribution < -0.4 is 10.1 Å². The second-order valence-corrected chi connectivity index (χ2v) is 4.39. The van der Waals surface area contributed by atoms with Crippen molar-refractivity contribution in [3.63, 3.8) is 0 Å². The van der Waals surface area contributed by atoms with Gasteiger partial charge in [-0.15, -0.1) is 0 Å². The average Bonchev–Trinajstić information content (AvgIpc) is 2.39. The number of ether oxygens (including phenoxy) is 1. The molecule has 0 unspecified atom stereocenters. The molecular weight excluding hydrogens is 216 g/mol. The minimum Gasteiger partial charge on any atom is -0.508 e. The summed E-state index contributed by atoms with van der Waals surface area (Å²) in [6.45, 7) is 6.34. The number of hydrogen-bond acceptors (Lipinski definition) is 4. The molecule has 1 aromatic rings. The van der Waals surface area contributed by atoms with E-state index < -0.39 is 0 Å². The predicted octanol–water partition coefficient (Wildman–Crippen LogP) is 1.37. The topological polar surface area (TPSA) is 44.7 Å². The van der Waals surface area contributed by atoms with Gasteiger partial charge < -0.3 is 15.2 Å². The fraction of sp³-hybridized carbons (Fsp3) is 0.538. The van der Waals surface area contributed by atoms with Crippen molar-refractivity contribution in [2.45, 2.75) is 13.0 Å². The Bertz CT molecular complexity index is 376. The molecule has 0 spiro atoms. The Hall–Kier alpha value is -1.26. The van der Waals surface area contributed by atoms with Gasteiger partial charge in [0.15, 0.2) is 0 Å². The first kappa shape index (κ1) is 12.2. The Morgan fingerprint density at radius 1 is 1.35 bits per heavy atom. The van der Waals surface area contributed by atoms with Gasteiger partial charge in [0.2, 0.25) is 0 Å². The van der Waals surface area contributed by atoms with Gasteiger partial charge in [0, 0.05) is 43.9 Å². The molecule has 0 radical (unpaired) electrons. The van der Waals surface area contributed by atoms with E-state index in [0.29, 0.717) is 6.04 Å². The maximum absolute atomic E-state index is 9.46. The highest BCUT2D eigenvalue weighted by Crippen LogP contribution is 2.31. The summed E-state index contributed by atoms with van der Waals surface area (Å²) >= 11 is 0. The number of hydrogen-bond donors (Lipinski definition) is 2. The van der Waals surface area contributed by atoms with Gasteiger partial charge in [-0.3, -0.25) is 4.90 Å². The van der Waals surface area contributed by atoms with Crippen LogP contribution in [0, 0.1) is 0 Å². The zero-order valence-corrected chi connectivity index (χ0v) is 10.4. The highest BCUT2D eigenvalue weighted by atomic mass is 16.5. The molecule has 17 heavy (non-hydrogen) atoms. The van der Waals surface area contributed by atoms with Gasteiger partial charge in [-0.25, -0.2) is 0 Å². The predicted molar refractivity (Wildman–Crippen MR) is 67.5 cm³/mol. The molecule has 94 valence electrons. The standard InChI is InChI=1S/C13H20N2O2/c1-10(15-7-5-14-6-8-15)12-4-3-11(16)9-13(12)17-2/h3-4,9-10,14,16H,5-8H2,1-2H3/t10-/m0/s1. The molecule has 0 bridgehead atoms. The lowest BCUT2D eigenvalue weighted by atomic mass is 10.0. The van der Waals surface area contributed by atoms with Crippen molar-refractivity contribution >= 4 is 0 Å². The Morgan fingerprint density at radius 3 is 2.71 bits per heavy atom. The van der Waals surface area contributed by atoms with Crippen LogP contribution in [0.3, 0.4) is 0 Å². The number of phenols is 1. The highest BCUT2D eigenvalue weighted by molar-refractivity contribution is 5.41. The largest absolute Gasteiger partial charge is 0.508 e. The number of piperazine rings is 1. The fourth-order valence-corrected chi connectivity index (χ4v) is 2.31. The van der Waals surface area contributed by atoms with Crippen molar-refractivity contribution in [1.82, 2.24) is 10.2 Å². The van der Waals surface area contributed by atoms with Gasteiger partial charge in [-0.1, -0.05) is 6.07 Å². The Kier molecular flexibility index (Phi) is 3.86. The maximum atomic E-state index is 9.46. The summed E-state index contributed by atoms with van der Waals surface area (Å²) in [7, 11) is 1.64. The Morgan fingerprint density at radius 2 is 2.06 bits per heavy atom. The lowest BCUT2D eigenvalue weighted by Crippen LogP contribution is -2.44. The minimum absolute atomic E-state index is 0.248. The molecule has 0 aliphatic carbocycles. The molecular formula is C13H20N2O2. The summed E-state index contributed by atoms with van der Waals surface area (Å²) in [5.41, 5.74) is 1.13. The van der Waals surface area contributed by atoms with E-state index in [2.05, 4.69) is 17.1 Å². The third-order valence-corrected chi connectivity index (χ3v) is 3.37. The van der Waals surface area contributed by atoms with Crippen LogP contribution in [-0.2, 0) is 0 Å². The fourth-order valence-electron chi connectivity index (χ4n) is 2.31. The van der Waals surface area contributed by atoms with Crippen molar-refractivity contribution in [2.24, 2.45) is 0 Å². The lowest BCUT2D eigenvalue weighted by Gasteiger charge is -2.33. The summed E-state index contributed by atoms with van der Waals surface area (Å²) in [5.74, 6) is 1.01. The van der Waals surface area contributed by atoms with E-state index in [0.717, 1.165) is 37.5 Å². The summed E-state index contributed by atoms with van der Waals surface area (Å²) in [6.07, 6.45) is 0. The third-order valence-electron chi connectivity index (χ3n) is 3.37. The molecule has 1 saturated heterocycles. The van der Waals surface area contributed by atoms with E-state index >= 15 is 0 Å². The Balaban J connectivity index is 2.19. The van der Waals surface area contributed by atoms with Crippen LogP contribution in [0.4, 0.5) is 0 Å². The number of aromatic hydroxyl groups is 1. The van der Waals surface area contributed by atoms with E-state index in [9.17, 15) is 5.11 Å². The molecule has 1 aliphatic heterocycles. The number of phenolic OH excluding ortho intramolecular Hbond substituents is 1. The van der Waals surface area contributed by atoms with Crippen LogP contribution >= 0.6 is 0 Å². The maximum Gasteiger partial charge on any atom is 0.127 e. The van der Waals surface area contributed by atoms with Crippen LogP contribution in [0.25, 0.3) is 0 Å². The zero-order chi connectivity index (χ0) is 12.3. The van der Waals surface area contributed by atoms with Crippen molar-refractivity contribution in [1.29, 1.82) is 0 Å². The SMILES string of the molecule is COc1cc(O)ccc1[C@H](C)N1CCNCC1. The summed E-state index contributed by atoms with van der Waals surface area (Å²) in [6, 6.07) is 5.65. The minimum atomic E-state index is 0.248. The first-order valence-electron chi connectivity index (χ1n) is 6.04. The number of benzene rings is 1. The molecule has 0 amide bonds. The van der Waals surface area contributed by atoms with Gasteiger partial charge in [0.1, 0.15) is 11.5 Å². The number of rotatable bonds is 3. The second kappa shape index (κ2) is 5.38. The molecule has 0 saturated carbocycles. The van der Waals surface area contributed by atoms with Crippen molar-refractivity contribution in [2.75, 3.05) is 33.3 Å². The first-order valence-corrected chi connectivity index (χ1v) is 6.04. The van der Waals surface area contributed by atoms with Gasteiger partial charge in [-0.2, -0.15) is 0 Å². The monoisotopic (exact) mass is 236 g/mol. The quantitative estimate of drug-likeness (QED) is 0.832. The van der Waals surface area contributed by atoms with Crippen LogP contribution in [0.2, 0.25) is 0 Å². The van der Waals surface area contributed by atoms with Crippen LogP contribution in [0.1, 0.15) is 18.5 Å². The molecule has 4 heteroatoms. The molecule has 1 aromatic carbocycles. The molecule has 1 fully saturated rings.